The summed E-state index contributed by atoms with van der Waals surface area (Å²) >= 11 is 0.892. The summed E-state index contributed by atoms with van der Waals surface area (Å²) in [6, 6.07) is 1.30. The van der Waals surface area contributed by atoms with E-state index in [2.05, 4.69) is 9.62 Å². The van der Waals surface area contributed by atoms with Gasteiger partial charge in [-0.2, -0.15) is 0 Å². The summed E-state index contributed by atoms with van der Waals surface area (Å²) in [5, 5.41) is 10.4. The summed E-state index contributed by atoms with van der Waals surface area (Å²) in [5.74, 6) is -1.24. The monoisotopic (exact) mass is 334 g/mol. The Morgan fingerprint density at radius 2 is 2.38 bits per heavy atom. The average molecular weight is 334 g/mol. The summed E-state index contributed by atoms with van der Waals surface area (Å²) in [6.45, 7) is 5.13. The van der Waals surface area contributed by atoms with Gasteiger partial charge in [-0.25, -0.2) is 17.9 Å². The Kier molecular flexibility index (Phi) is 5.33. The topological polar surface area (TPSA) is 95.9 Å². The summed E-state index contributed by atoms with van der Waals surface area (Å²) in [6.07, 6.45) is -0.222. The highest BCUT2D eigenvalue weighted by Gasteiger charge is 2.26. The molecule has 1 aliphatic heterocycles. The number of rotatable bonds is 6. The van der Waals surface area contributed by atoms with Crippen LogP contribution in [0.4, 0.5) is 0 Å². The summed E-state index contributed by atoms with van der Waals surface area (Å²) in [5.41, 5.74) is 0. The van der Waals surface area contributed by atoms with Gasteiger partial charge in [0.25, 0.3) is 0 Å². The minimum atomic E-state index is -3.84. The summed E-state index contributed by atoms with van der Waals surface area (Å²) in [4.78, 5) is 12.8. The molecule has 7 nitrogen and oxygen atoms in total. The lowest BCUT2D eigenvalue weighted by molar-refractivity contribution is -0.0229. The Morgan fingerprint density at radius 1 is 1.62 bits per heavy atom. The fraction of sp³-hybridized carbons (Fsp3) is 0.583. The molecule has 1 atom stereocenters. The molecule has 1 fully saturated rings. The zero-order valence-corrected chi connectivity index (χ0v) is 13.2. The lowest BCUT2D eigenvalue weighted by atomic mass is 10.3. The van der Waals surface area contributed by atoms with Crippen LogP contribution in [-0.4, -0.2) is 63.3 Å². The number of carboxylic acid groups (broad SMARTS) is 1. The van der Waals surface area contributed by atoms with Crippen molar-refractivity contribution in [1.82, 2.24) is 9.62 Å². The van der Waals surface area contributed by atoms with Gasteiger partial charge >= 0.3 is 5.97 Å². The van der Waals surface area contributed by atoms with Gasteiger partial charge < -0.3 is 9.84 Å². The Labute approximate surface area is 127 Å². The molecule has 2 rings (SSSR count). The Balaban J connectivity index is 2.01. The molecule has 1 saturated heterocycles. The number of sulfonamides is 1. The zero-order chi connectivity index (χ0) is 15.5. The Morgan fingerprint density at radius 3 is 3.05 bits per heavy atom. The molecule has 1 aromatic heterocycles. The molecule has 0 saturated carbocycles. The molecule has 1 aliphatic rings. The van der Waals surface area contributed by atoms with Crippen molar-refractivity contribution < 1.29 is 23.1 Å². The third-order valence-corrected chi connectivity index (χ3v) is 5.78. The molecule has 21 heavy (non-hydrogen) atoms. The molecule has 1 aromatic rings. The number of carboxylic acids is 1. The molecular weight excluding hydrogens is 316 g/mol. The normalized spacial score (nSPS) is 20.5. The van der Waals surface area contributed by atoms with E-state index in [0.29, 0.717) is 13.2 Å². The minimum absolute atomic E-state index is 0.133. The van der Waals surface area contributed by atoms with Crippen LogP contribution >= 0.6 is 11.3 Å². The molecule has 0 aliphatic carbocycles. The van der Waals surface area contributed by atoms with Crippen molar-refractivity contribution in [3.05, 3.63) is 16.3 Å². The van der Waals surface area contributed by atoms with E-state index in [9.17, 15) is 13.2 Å². The zero-order valence-electron chi connectivity index (χ0n) is 11.6. The van der Waals surface area contributed by atoms with Crippen LogP contribution in [-0.2, 0) is 14.8 Å². The Bertz CT molecular complexity index is 599. The standard InChI is InChI=1S/C12H18N2O5S2/c1-2-14-4-5-19-9(8-14)7-13-21(17,18)10-3-6-20-11(10)12(15)16/h3,6,9,13H,2,4-5,7-8H2,1H3,(H,15,16). The van der Waals surface area contributed by atoms with Crippen LogP contribution < -0.4 is 4.72 Å². The number of hydrogen-bond acceptors (Lipinski definition) is 6. The van der Waals surface area contributed by atoms with Gasteiger partial charge in [-0.1, -0.05) is 6.92 Å². The van der Waals surface area contributed by atoms with Crippen LogP contribution in [0.15, 0.2) is 16.3 Å². The Hall–Kier alpha value is -1.00. The summed E-state index contributed by atoms with van der Waals surface area (Å²) < 4.78 is 32.3. The second-order valence-corrected chi connectivity index (χ2v) is 7.31. The molecule has 1 unspecified atom stereocenters. The molecule has 2 heterocycles. The number of thiophene rings is 1. The van der Waals surface area contributed by atoms with Crippen molar-refractivity contribution in [3.8, 4) is 0 Å². The molecule has 0 amide bonds. The first-order chi connectivity index (χ1) is 9.94. The largest absolute Gasteiger partial charge is 0.477 e. The maximum Gasteiger partial charge on any atom is 0.347 e. The van der Waals surface area contributed by atoms with Crippen molar-refractivity contribution in [2.75, 3.05) is 32.8 Å². The lowest BCUT2D eigenvalue weighted by Crippen LogP contribution is -2.47. The highest BCUT2D eigenvalue weighted by molar-refractivity contribution is 7.89. The quantitative estimate of drug-likeness (QED) is 0.784. The molecule has 0 bridgehead atoms. The van der Waals surface area contributed by atoms with E-state index < -0.39 is 16.0 Å². The third-order valence-electron chi connectivity index (χ3n) is 3.28. The molecule has 9 heteroatoms. The second kappa shape index (κ2) is 6.84. The molecular formula is C12H18N2O5S2. The van der Waals surface area contributed by atoms with Gasteiger partial charge in [0, 0.05) is 19.6 Å². The first-order valence-corrected chi connectivity index (χ1v) is 8.94. The van der Waals surface area contributed by atoms with Gasteiger partial charge in [-0.05, 0) is 18.0 Å². The fourth-order valence-corrected chi connectivity index (χ4v) is 4.46. The van der Waals surface area contributed by atoms with Gasteiger partial charge in [0.15, 0.2) is 0 Å². The number of ether oxygens (including phenoxy) is 1. The van der Waals surface area contributed by atoms with E-state index in [4.69, 9.17) is 9.84 Å². The smallest absolute Gasteiger partial charge is 0.347 e. The highest BCUT2D eigenvalue weighted by atomic mass is 32.2. The van der Waals surface area contributed by atoms with E-state index in [-0.39, 0.29) is 22.4 Å². The number of likely N-dealkylation sites (N-methyl/N-ethyl adjacent to an activating group) is 1. The number of nitrogens with zero attached hydrogens (tertiary/aromatic N) is 1. The summed E-state index contributed by atoms with van der Waals surface area (Å²) in [7, 11) is -3.84. The van der Waals surface area contributed by atoms with Crippen LogP contribution in [0.5, 0.6) is 0 Å². The van der Waals surface area contributed by atoms with Crippen LogP contribution in [0.3, 0.4) is 0 Å². The van der Waals surface area contributed by atoms with Crippen LogP contribution in [0, 0.1) is 0 Å². The third kappa shape index (κ3) is 4.01. The van der Waals surface area contributed by atoms with Crippen LogP contribution in [0.2, 0.25) is 0 Å². The van der Waals surface area contributed by atoms with Gasteiger partial charge in [-0.15, -0.1) is 11.3 Å². The maximum absolute atomic E-state index is 12.2. The molecule has 0 aromatic carbocycles. The lowest BCUT2D eigenvalue weighted by Gasteiger charge is -2.32. The fourth-order valence-electron chi connectivity index (χ4n) is 2.14. The molecule has 0 spiro atoms. The molecule has 0 radical (unpaired) electrons. The number of hydrogen-bond donors (Lipinski definition) is 2. The van der Waals surface area contributed by atoms with Crippen molar-refractivity contribution in [2.24, 2.45) is 0 Å². The number of nitrogens with one attached hydrogen (secondary N) is 1. The highest BCUT2D eigenvalue weighted by Crippen LogP contribution is 2.21. The second-order valence-electron chi connectivity index (χ2n) is 4.66. The molecule has 118 valence electrons. The minimum Gasteiger partial charge on any atom is -0.477 e. The van der Waals surface area contributed by atoms with Crippen LogP contribution in [0.25, 0.3) is 0 Å². The van der Waals surface area contributed by atoms with E-state index in [1.54, 1.807) is 0 Å². The number of morpholine rings is 1. The van der Waals surface area contributed by atoms with Crippen LogP contribution in [0.1, 0.15) is 16.6 Å². The van der Waals surface area contributed by atoms with Crippen molar-refractivity contribution in [2.45, 2.75) is 17.9 Å². The van der Waals surface area contributed by atoms with E-state index >= 15 is 0 Å². The van der Waals surface area contributed by atoms with Crippen molar-refractivity contribution in [1.29, 1.82) is 0 Å². The predicted molar refractivity (Wildman–Crippen MR) is 78.3 cm³/mol. The average Bonchev–Trinajstić information content (AvgIpc) is 2.96. The van der Waals surface area contributed by atoms with E-state index in [1.165, 1.54) is 11.4 Å². The van der Waals surface area contributed by atoms with E-state index in [0.717, 1.165) is 24.4 Å². The van der Waals surface area contributed by atoms with Gasteiger partial charge in [0.05, 0.1) is 12.7 Å². The van der Waals surface area contributed by atoms with Gasteiger partial charge in [0.1, 0.15) is 9.77 Å². The van der Waals surface area contributed by atoms with E-state index in [1.807, 2.05) is 6.92 Å². The molecule has 2 N–H and O–H groups in total. The SMILES string of the molecule is CCN1CCOC(CNS(=O)(=O)c2ccsc2C(=O)O)C1. The number of aromatic carboxylic acids is 1. The first-order valence-electron chi connectivity index (χ1n) is 6.58. The van der Waals surface area contributed by atoms with Crippen molar-refractivity contribution in [3.63, 3.8) is 0 Å². The first kappa shape index (κ1) is 16.4. The maximum atomic E-state index is 12.2. The van der Waals surface area contributed by atoms with Gasteiger partial charge in [0.2, 0.25) is 10.0 Å². The van der Waals surface area contributed by atoms with Crippen molar-refractivity contribution >= 4 is 27.3 Å². The predicted octanol–water partition coefficient (Wildman–Crippen LogP) is 0.445. The van der Waals surface area contributed by atoms with Gasteiger partial charge in [-0.3, -0.25) is 4.90 Å². The number of carbonyl (C=O) groups is 1.